The van der Waals surface area contributed by atoms with E-state index in [1.807, 2.05) is 0 Å². The smallest absolute Gasteiger partial charge is 0.272 e. The van der Waals surface area contributed by atoms with E-state index < -0.39 is 16.0 Å². The number of nitrogens with one attached hydrogen (secondary N) is 3. The Kier molecular flexibility index (Phi) is 5.79. The highest BCUT2D eigenvalue weighted by atomic mass is 32.2. The molecule has 30 heavy (non-hydrogen) atoms. The molecule has 156 valence electrons. The minimum Gasteiger partial charge on any atom is -0.550 e. The zero-order valence-corrected chi connectivity index (χ0v) is 16.6. The van der Waals surface area contributed by atoms with Crippen LogP contribution in [-0.2, 0) is 14.8 Å². The van der Waals surface area contributed by atoms with Gasteiger partial charge in [0.05, 0.1) is 4.90 Å². The summed E-state index contributed by atoms with van der Waals surface area (Å²) in [6, 6.07) is 12.0. The largest absolute Gasteiger partial charge is 0.550 e. The van der Waals surface area contributed by atoms with Gasteiger partial charge in [0, 0.05) is 34.1 Å². The Bertz CT molecular complexity index is 1370. The number of carbonyl (C=O) groups excluding carboxylic acids is 1. The Hall–Kier alpha value is -3.79. The van der Waals surface area contributed by atoms with Crippen LogP contribution in [0.2, 0.25) is 0 Å². The van der Waals surface area contributed by atoms with Gasteiger partial charge in [0.15, 0.2) is 0 Å². The van der Waals surface area contributed by atoms with Crippen molar-refractivity contribution < 1.29 is 23.4 Å². The van der Waals surface area contributed by atoms with Crippen molar-refractivity contribution in [1.82, 2.24) is 9.97 Å². The number of phenols is 1. The summed E-state index contributed by atoms with van der Waals surface area (Å²) in [6.45, 7) is 1.54. The minimum absolute atomic E-state index is 0.0486. The predicted octanol–water partition coefficient (Wildman–Crippen LogP) is 1.66. The van der Waals surface area contributed by atoms with Crippen LogP contribution in [0.3, 0.4) is 0 Å². The summed E-state index contributed by atoms with van der Waals surface area (Å²) in [7, 11) is -3.81. The molecule has 4 N–H and O–H groups in total. The van der Waals surface area contributed by atoms with E-state index >= 15 is 0 Å². The number of hydrogen-bond donors (Lipinski definition) is 4. The second-order valence-corrected chi connectivity index (χ2v) is 7.99. The molecule has 4 rings (SSSR count). The van der Waals surface area contributed by atoms with Gasteiger partial charge in [-0.3, -0.25) is 9.52 Å². The highest BCUT2D eigenvalue weighted by Gasteiger charge is 2.16. The van der Waals surface area contributed by atoms with Gasteiger partial charge in [0.25, 0.3) is 15.6 Å². The molecular formula is C20H18N3O6S-. The first-order valence-electron chi connectivity index (χ1n) is 8.86. The SMILES string of the molecule is CCC(=O)[O-].O=c1[nH]c2ccc(S(=O)(=O)Nc3ccc(O)cc3)cc2c2cc[nH]c12. The number of hydrogen-bond acceptors (Lipinski definition) is 6. The van der Waals surface area contributed by atoms with Gasteiger partial charge < -0.3 is 25.0 Å². The number of aromatic amines is 2. The molecule has 0 bridgehead atoms. The summed E-state index contributed by atoms with van der Waals surface area (Å²) in [5.74, 6) is -0.947. The molecular weight excluding hydrogens is 410 g/mol. The Balaban J connectivity index is 0.000000461. The number of aromatic nitrogens is 2. The second kappa shape index (κ2) is 8.29. The first kappa shape index (κ1) is 20.9. The average Bonchev–Trinajstić information content (AvgIpc) is 3.21. The van der Waals surface area contributed by atoms with Crippen LogP contribution < -0.4 is 15.4 Å². The van der Waals surface area contributed by atoms with Crippen molar-refractivity contribution in [3.05, 3.63) is 65.1 Å². The van der Waals surface area contributed by atoms with Crippen LogP contribution in [0.5, 0.6) is 5.75 Å². The van der Waals surface area contributed by atoms with Crippen molar-refractivity contribution in [2.45, 2.75) is 18.2 Å². The lowest BCUT2D eigenvalue weighted by Crippen LogP contribution is -2.19. The van der Waals surface area contributed by atoms with Gasteiger partial charge in [0.1, 0.15) is 11.3 Å². The Morgan fingerprint density at radius 1 is 1.10 bits per heavy atom. The van der Waals surface area contributed by atoms with Crippen LogP contribution in [-0.4, -0.2) is 29.5 Å². The molecule has 0 aliphatic carbocycles. The normalized spacial score (nSPS) is 11.1. The van der Waals surface area contributed by atoms with Crippen molar-refractivity contribution >= 4 is 43.5 Å². The summed E-state index contributed by atoms with van der Waals surface area (Å²) in [4.78, 5) is 26.9. The van der Waals surface area contributed by atoms with Crippen molar-refractivity contribution in [2.75, 3.05) is 4.72 Å². The monoisotopic (exact) mass is 428 g/mol. The van der Waals surface area contributed by atoms with Crippen molar-refractivity contribution in [3.63, 3.8) is 0 Å². The molecule has 0 fully saturated rings. The van der Waals surface area contributed by atoms with E-state index in [0.717, 1.165) is 0 Å². The lowest BCUT2D eigenvalue weighted by atomic mass is 10.1. The lowest BCUT2D eigenvalue weighted by molar-refractivity contribution is -0.305. The number of phenolic OH excluding ortho intramolecular Hbond substituents is 1. The molecule has 0 spiro atoms. The number of fused-ring (bicyclic) bond motifs is 3. The minimum atomic E-state index is -3.81. The molecule has 0 aliphatic rings. The second-order valence-electron chi connectivity index (χ2n) is 6.31. The van der Waals surface area contributed by atoms with Crippen LogP contribution in [0.15, 0.2) is 64.4 Å². The summed E-state index contributed by atoms with van der Waals surface area (Å²) in [5, 5.41) is 19.8. The standard InChI is InChI=1S/C17H13N3O4S.C3H6O2/c21-11-3-1-10(2-4-11)20-25(23,24)12-5-6-15-14(9-12)13-7-8-18-16(13)17(22)19-15;1-2-3(4)5/h1-9,18,20-21H,(H,19,22);2H2,1H3,(H,4,5)/p-1. The fourth-order valence-electron chi connectivity index (χ4n) is 2.73. The zero-order valence-electron chi connectivity index (χ0n) is 15.8. The van der Waals surface area contributed by atoms with Crippen LogP contribution in [0, 0.1) is 0 Å². The molecule has 0 saturated carbocycles. The summed E-state index contributed by atoms with van der Waals surface area (Å²) < 4.78 is 27.7. The molecule has 9 nitrogen and oxygen atoms in total. The Morgan fingerprint density at radius 3 is 2.40 bits per heavy atom. The third-order valence-electron chi connectivity index (χ3n) is 4.22. The quantitative estimate of drug-likeness (QED) is 0.362. The third kappa shape index (κ3) is 4.44. The number of H-pyrrole nitrogens is 2. The van der Waals surface area contributed by atoms with Gasteiger partial charge in [-0.2, -0.15) is 0 Å². The van der Waals surface area contributed by atoms with Crippen molar-refractivity contribution in [3.8, 4) is 5.75 Å². The molecule has 0 atom stereocenters. The lowest BCUT2D eigenvalue weighted by Gasteiger charge is -2.09. The molecule has 0 amide bonds. The van der Waals surface area contributed by atoms with Gasteiger partial charge in [-0.25, -0.2) is 8.42 Å². The number of rotatable bonds is 4. The third-order valence-corrected chi connectivity index (χ3v) is 5.60. The van der Waals surface area contributed by atoms with E-state index in [1.54, 1.807) is 18.3 Å². The number of anilines is 1. The molecule has 2 heterocycles. The van der Waals surface area contributed by atoms with E-state index in [2.05, 4.69) is 14.7 Å². The number of carbonyl (C=O) groups is 1. The number of sulfonamides is 1. The molecule has 4 aromatic rings. The summed E-state index contributed by atoms with van der Waals surface area (Å²) in [6.07, 6.45) is 1.75. The predicted molar refractivity (Wildman–Crippen MR) is 111 cm³/mol. The first-order chi connectivity index (χ1) is 14.2. The van der Waals surface area contributed by atoms with Gasteiger partial charge in [0.2, 0.25) is 0 Å². The van der Waals surface area contributed by atoms with E-state index in [4.69, 9.17) is 0 Å². The van der Waals surface area contributed by atoms with E-state index in [1.165, 1.54) is 43.3 Å². The molecule has 2 aromatic carbocycles. The number of carboxylic acids is 1. The molecule has 0 radical (unpaired) electrons. The first-order valence-corrected chi connectivity index (χ1v) is 10.3. The number of pyridine rings is 1. The van der Waals surface area contributed by atoms with Gasteiger partial charge in [-0.1, -0.05) is 6.92 Å². The van der Waals surface area contributed by atoms with E-state index in [0.29, 0.717) is 27.5 Å². The topological polar surface area (TPSA) is 155 Å². The maximum atomic E-state index is 12.6. The van der Waals surface area contributed by atoms with Gasteiger partial charge in [-0.15, -0.1) is 0 Å². The van der Waals surface area contributed by atoms with Crippen LogP contribution in [0.1, 0.15) is 13.3 Å². The molecule has 0 unspecified atom stereocenters. The van der Waals surface area contributed by atoms with Crippen LogP contribution in [0.25, 0.3) is 21.8 Å². The fourth-order valence-corrected chi connectivity index (χ4v) is 3.82. The number of aliphatic carboxylic acids is 1. The van der Waals surface area contributed by atoms with E-state index in [9.17, 15) is 28.2 Å². The number of aromatic hydroxyl groups is 1. The van der Waals surface area contributed by atoms with Gasteiger partial charge in [-0.05, 0) is 55.0 Å². The molecule has 2 aromatic heterocycles. The molecule has 10 heteroatoms. The zero-order chi connectivity index (χ0) is 21.9. The summed E-state index contributed by atoms with van der Waals surface area (Å²) >= 11 is 0. The number of benzene rings is 2. The fraction of sp³-hybridized carbons (Fsp3) is 0.100. The Morgan fingerprint density at radius 2 is 1.77 bits per heavy atom. The highest BCUT2D eigenvalue weighted by molar-refractivity contribution is 7.92. The van der Waals surface area contributed by atoms with E-state index in [-0.39, 0.29) is 22.6 Å². The van der Waals surface area contributed by atoms with Crippen molar-refractivity contribution in [2.24, 2.45) is 0 Å². The maximum absolute atomic E-state index is 12.6. The van der Waals surface area contributed by atoms with Gasteiger partial charge >= 0.3 is 0 Å². The molecule has 0 saturated heterocycles. The average molecular weight is 428 g/mol. The maximum Gasteiger partial charge on any atom is 0.272 e. The van der Waals surface area contributed by atoms with Crippen LogP contribution >= 0.6 is 0 Å². The van der Waals surface area contributed by atoms with Crippen LogP contribution in [0.4, 0.5) is 5.69 Å². The Labute approximate surface area is 171 Å². The summed E-state index contributed by atoms with van der Waals surface area (Å²) in [5.41, 5.74) is 1.03. The molecule has 0 aliphatic heterocycles. The van der Waals surface area contributed by atoms with Crippen molar-refractivity contribution in [1.29, 1.82) is 0 Å². The highest BCUT2D eigenvalue weighted by Crippen LogP contribution is 2.25. The number of carboxylic acid groups (broad SMARTS) is 1.